The first-order chi connectivity index (χ1) is 11.3. The van der Waals surface area contributed by atoms with E-state index in [1.54, 1.807) is 0 Å². The Balaban J connectivity index is 1.67. The van der Waals surface area contributed by atoms with Gasteiger partial charge in [-0.15, -0.1) is 10.2 Å². The quantitative estimate of drug-likeness (QED) is 0.723. The molecule has 0 fully saturated rings. The molecule has 0 atom stereocenters. The number of hydrogen-bond acceptors (Lipinski definition) is 5. The molecule has 0 amide bonds. The summed E-state index contributed by atoms with van der Waals surface area (Å²) in [5, 5.41) is 14.1. The van der Waals surface area contributed by atoms with Gasteiger partial charge in [0.25, 0.3) is 0 Å². The molecule has 23 heavy (non-hydrogen) atoms. The Hall–Kier alpha value is -2.54. The van der Waals surface area contributed by atoms with Crippen LogP contribution < -0.4 is 0 Å². The van der Waals surface area contributed by atoms with E-state index in [2.05, 4.69) is 61.2 Å². The zero-order valence-electron chi connectivity index (χ0n) is 13.5. The van der Waals surface area contributed by atoms with Crippen molar-refractivity contribution in [2.45, 2.75) is 33.0 Å². The second kappa shape index (κ2) is 7.15. The summed E-state index contributed by atoms with van der Waals surface area (Å²) in [6.45, 7) is 4.84. The summed E-state index contributed by atoms with van der Waals surface area (Å²) in [6, 6.07) is 8.22. The topological polar surface area (TPSA) is 75.5 Å². The van der Waals surface area contributed by atoms with Crippen LogP contribution in [0.5, 0.6) is 0 Å². The van der Waals surface area contributed by atoms with E-state index >= 15 is 0 Å². The predicted octanol–water partition coefficient (Wildman–Crippen LogP) is 2.11. The van der Waals surface area contributed by atoms with E-state index in [0.717, 1.165) is 37.4 Å². The molecule has 0 unspecified atom stereocenters. The van der Waals surface area contributed by atoms with Crippen molar-refractivity contribution < 1.29 is 0 Å². The highest BCUT2D eigenvalue weighted by Crippen LogP contribution is 2.16. The van der Waals surface area contributed by atoms with E-state index in [4.69, 9.17) is 0 Å². The predicted molar refractivity (Wildman–Crippen MR) is 87.3 cm³/mol. The summed E-state index contributed by atoms with van der Waals surface area (Å²) in [5.41, 5.74) is 2.18. The zero-order chi connectivity index (χ0) is 16.1. The molecule has 1 aromatic carbocycles. The standard InChI is InChI=1S/C16H21N7/c1-3-8-23-9-7-17-15(23)12-22(2)11-13-5-4-6-14(10-13)16-18-20-21-19-16/h4-7,9-10H,3,8,11-12H2,1-2H3,(H,18,19,20,21). The molecule has 0 aliphatic rings. The fraction of sp³-hybridized carbons (Fsp3) is 0.375. The van der Waals surface area contributed by atoms with Crippen molar-refractivity contribution in [1.82, 2.24) is 35.1 Å². The Morgan fingerprint density at radius 2 is 2.17 bits per heavy atom. The molecule has 2 aromatic heterocycles. The lowest BCUT2D eigenvalue weighted by molar-refractivity contribution is 0.304. The van der Waals surface area contributed by atoms with Gasteiger partial charge in [-0.25, -0.2) is 4.98 Å². The summed E-state index contributed by atoms with van der Waals surface area (Å²) < 4.78 is 2.21. The minimum absolute atomic E-state index is 0.619. The third-order valence-electron chi connectivity index (χ3n) is 3.66. The summed E-state index contributed by atoms with van der Waals surface area (Å²) in [5.74, 6) is 1.72. The van der Waals surface area contributed by atoms with Gasteiger partial charge in [-0.1, -0.05) is 25.1 Å². The molecule has 0 aliphatic carbocycles. The molecule has 120 valence electrons. The summed E-state index contributed by atoms with van der Waals surface area (Å²) in [4.78, 5) is 6.72. The van der Waals surface area contributed by atoms with E-state index < -0.39 is 0 Å². The first-order valence-corrected chi connectivity index (χ1v) is 7.77. The minimum atomic E-state index is 0.619. The second-order valence-corrected chi connectivity index (χ2v) is 5.64. The third-order valence-corrected chi connectivity index (χ3v) is 3.66. The van der Waals surface area contributed by atoms with Crippen LogP contribution in [-0.2, 0) is 19.6 Å². The summed E-state index contributed by atoms with van der Waals surface area (Å²) >= 11 is 0. The highest BCUT2D eigenvalue weighted by molar-refractivity contribution is 5.54. The lowest BCUT2D eigenvalue weighted by Crippen LogP contribution is -2.20. The van der Waals surface area contributed by atoms with Crippen molar-refractivity contribution >= 4 is 0 Å². The molecular weight excluding hydrogens is 290 g/mol. The Kier molecular flexibility index (Phi) is 4.77. The monoisotopic (exact) mass is 311 g/mol. The van der Waals surface area contributed by atoms with Gasteiger partial charge < -0.3 is 4.57 Å². The molecule has 7 nitrogen and oxygen atoms in total. The Morgan fingerprint density at radius 3 is 2.96 bits per heavy atom. The van der Waals surface area contributed by atoms with Gasteiger partial charge in [0.05, 0.1) is 6.54 Å². The maximum absolute atomic E-state index is 4.46. The molecule has 1 N–H and O–H groups in total. The summed E-state index contributed by atoms with van der Waals surface area (Å²) in [6.07, 6.45) is 5.03. The van der Waals surface area contributed by atoms with Crippen molar-refractivity contribution in [3.8, 4) is 11.4 Å². The van der Waals surface area contributed by atoms with Crippen LogP contribution in [0.2, 0.25) is 0 Å². The van der Waals surface area contributed by atoms with Crippen LogP contribution in [0.4, 0.5) is 0 Å². The van der Waals surface area contributed by atoms with Crippen LogP contribution >= 0.6 is 0 Å². The first kappa shape index (κ1) is 15.4. The molecule has 2 heterocycles. The fourth-order valence-electron chi connectivity index (χ4n) is 2.64. The first-order valence-electron chi connectivity index (χ1n) is 7.77. The molecule has 0 saturated heterocycles. The highest BCUT2D eigenvalue weighted by atomic mass is 15.5. The number of nitrogens with zero attached hydrogens (tertiary/aromatic N) is 6. The van der Waals surface area contributed by atoms with Crippen LogP contribution in [0.15, 0.2) is 36.7 Å². The molecule has 3 rings (SSSR count). The van der Waals surface area contributed by atoms with Crippen molar-refractivity contribution in [2.24, 2.45) is 0 Å². The van der Waals surface area contributed by atoms with Crippen molar-refractivity contribution in [2.75, 3.05) is 7.05 Å². The van der Waals surface area contributed by atoms with Crippen LogP contribution in [-0.4, -0.2) is 42.1 Å². The van der Waals surface area contributed by atoms with Crippen LogP contribution in [0.3, 0.4) is 0 Å². The van der Waals surface area contributed by atoms with E-state index in [9.17, 15) is 0 Å². The Bertz CT molecular complexity index is 732. The van der Waals surface area contributed by atoms with Gasteiger partial charge in [-0.3, -0.25) is 4.90 Å². The van der Waals surface area contributed by atoms with Gasteiger partial charge >= 0.3 is 0 Å². The lowest BCUT2D eigenvalue weighted by atomic mass is 10.1. The van der Waals surface area contributed by atoms with E-state index in [-0.39, 0.29) is 0 Å². The number of benzene rings is 1. The van der Waals surface area contributed by atoms with Gasteiger partial charge in [-0.05, 0) is 30.3 Å². The number of H-pyrrole nitrogens is 1. The maximum Gasteiger partial charge on any atom is 0.204 e. The second-order valence-electron chi connectivity index (χ2n) is 5.64. The van der Waals surface area contributed by atoms with Crippen LogP contribution in [0.25, 0.3) is 11.4 Å². The van der Waals surface area contributed by atoms with Crippen LogP contribution in [0.1, 0.15) is 24.7 Å². The number of tetrazole rings is 1. The van der Waals surface area contributed by atoms with Gasteiger partial charge in [0.15, 0.2) is 0 Å². The molecule has 0 saturated carbocycles. The molecule has 0 spiro atoms. The lowest BCUT2D eigenvalue weighted by Gasteiger charge is -2.17. The highest BCUT2D eigenvalue weighted by Gasteiger charge is 2.09. The number of rotatable bonds is 7. The number of aromatic nitrogens is 6. The average Bonchev–Trinajstić information content (AvgIpc) is 3.20. The van der Waals surface area contributed by atoms with E-state index in [1.807, 2.05) is 24.5 Å². The normalized spacial score (nSPS) is 11.3. The van der Waals surface area contributed by atoms with Crippen LogP contribution in [0, 0.1) is 0 Å². The van der Waals surface area contributed by atoms with Gasteiger partial charge in [-0.2, -0.15) is 5.21 Å². The third kappa shape index (κ3) is 3.81. The molecule has 0 bridgehead atoms. The number of hydrogen-bond donors (Lipinski definition) is 1. The number of imidazole rings is 1. The summed E-state index contributed by atoms with van der Waals surface area (Å²) in [7, 11) is 2.10. The fourth-order valence-corrected chi connectivity index (χ4v) is 2.64. The molecule has 0 aliphatic heterocycles. The van der Waals surface area contributed by atoms with Gasteiger partial charge in [0.1, 0.15) is 5.82 Å². The van der Waals surface area contributed by atoms with Gasteiger partial charge in [0, 0.05) is 31.0 Å². The van der Waals surface area contributed by atoms with Gasteiger partial charge in [0.2, 0.25) is 5.82 Å². The van der Waals surface area contributed by atoms with Crippen molar-refractivity contribution in [3.05, 3.63) is 48.0 Å². The molecular formula is C16H21N7. The number of aryl methyl sites for hydroxylation is 1. The minimum Gasteiger partial charge on any atom is -0.334 e. The largest absolute Gasteiger partial charge is 0.334 e. The molecule has 0 radical (unpaired) electrons. The SMILES string of the molecule is CCCn1ccnc1CN(C)Cc1cccc(-c2nn[nH]n2)c1. The maximum atomic E-state index is 4.46. The van der Waals surface area contributed by atoms with Crippen molar-refractivity contribution in [1.29, 1.82) is 0 Å². The van der Waals surface area contributed by atoms with E-state index in [1.165, 1.54) is 5.56 Å². The zero-order valence-corrected chi connectivity index (χ0v) is 13.5. The van der Waals surface area contributed by atoms with E-state index in [0.29, 0.717) is 5.82 Å². The molecule has 7 heteroatoms. The Morgan fingerprint density at radius 1 is 1.26 bits per heavy atom. The number of aromatic amines is 1. The van der Waals surface area contributed by atoms with Crippen molar-refractivity contribution in [3.63, 3.8) is 0 Å². The smallest absolute Gasteiger partial charge is 0.204 e. The molecule has 3 aromatic rings. The Labute approximate surface area is 135 Å². The number of nitrogens with one attached hydrogen (secondary N) is 1. The average molecular weight is 311 g/mol.